The third-order valence-electron chi connectivity index (χ3n) is 4.57. The van der Waals surface area contributed by atoms with Crippen LogP contribution in [0.1, 0.15) is 50.6 Å². The zero-order valence-electron chi connectivity index (χ0n) is 12.6. The van der Waals surface area contributed by atoms with Crippen molar-refractivity contribution in [1.29, 1.82) is 0 Å². The van der Waals surface area contributed by atoms with Gasteiger partial charge in [0, 0.05) is 17.6 Å². The minimum Gasteiger partial charge on any atom is -0.392 e. The molecule has 0 amide bonds. The molecule has 0 spiro atoms. The lowest BCUT2D eigenvalue weighted by Gasteiger charge is -2.28. The van der Waals surface area contributed by atoms with E-state index in [1.807, 2.05) is 18.2 Å². The van der Waals surface area contributed by atoms with Crippen LogP contribution >= 0.6 is 11.6 Å². The van der Waals surface area contributed by atoms with Crippen LogP contribution in [0.25, 0.3) is 0 Å². The van der Waals surface area contributed by atoms with Crippen LogP contribution in [-0.4, -0.2) is 29.7 Å². The van der Waals surface area contributed by atoms with Crippen LogP contribution < -0.4 is 0 Å². The molecule has 112 valence electrons. The van der Waals surface area contributed by atoms with Crippen molar-refractivity contribution in [2.24, 2.45) is 5.92 Å². The number of likely N-dealkylation sites (N-methyl/N-ethyl adjacent to an activating group) is 1. The lowest BCUT2D eigenvalue weighted by molar-refractivity contribution is 0.0874. The summed E-state index contributed by atoms with van der Waals surface area (Å²) in [6, 6.07) is 8.25. The smallest absolute Gasteiger partial charge is 0.0669 e. The molecule has 1 aromatic carbocycles. The molecule has 1 aliphatic rings. The highest BCUT2D eigenvalue weighted by molar-refractivity contribution is 6.30. The minimum absolute atomic E-state index is 0.218. The largest absolute Gasteiger partial charge is 0.392 e. The molecule has 0 aromatic heterocycles. The summed E-state index contributed by atoms with van der Waals surface area (Å²) in [7, 11) is 2.07. The standard InChI is InChI=1S/C17H26ClNO/c1-13(15-8-5-9-16(18)11-15)19(2)12-17(20)10-14-6-3-4-7-14/h5,8-9,11,13-14,17,20H,3-4,6-7,10,12H2,1-2H3. The van der Waals surface area contributed by atoms with E-state index in [0.29, 0.717) is 0 Å². The average molecular weight is 296 g/mol. The first-order valence-electron chi connectivity index (χ1n) is 7.70. The van der Waals surface area contributed by atoms with E-state index in [9.17, 15) is 5.11 Å². The first-order valence-corrected chi connectivity index (χ1v) is 8.08. The molecule has 1 aromatic rings. The third-order valence-corrected chi connectivity index (χ3v) is 4.81. The second-order valence-electron chi connectivity index (χ2n) is 6.21. The lowest BCUT2D eigenvalue weighted by atomic mass is 9.99. The Bertz CT molecular complexity index is 417. The van der Waals surface area contributed by atoms with Crippen molar-refractivity contribution >= 4 is 11.6 Å². The van der Waals surface area contributed by atoms with Gasteiger partial charge in [0.1, 0.15) is 0 Å². The molecule has 2 nitrogen and oxygen atoms in total. The minimum atomic E-state index is -0.218. The van der Waals surface area contributed by atoms with Crippen LogP contribution in [0.4, 0.5) is 0 Å². The zero-order valence-corrected chi connectivity index (χ0v) is 13.3. The summed E-state index contributed by atoms with van der Waals surface area (Å²) in [4.78, 5) is 2.21. The van der Waals surface area contributed by atoms with Gasteiger partial charge in [-0.15, -0.1) is 0 Å². The van der Waals surface area contributed by atoms with Crippen LogP contribution in [0.15, 0.2) is 24.3 Å². The summed E-state index contributed by atoms with van der Waals surface area (Å²) in [6.45, 7) is 2.89. The number of nitrogens with zero attached hydrogens (tertiary/aromatic N) is 1. The number of aliphatic hydroxyl groups is 1. The summed E-state index contributed by atoms with van der Waals surface area (Å²) in [6.07, 6.45) is 6.00. The molecule has 3 heteroatoms. The molecule has 2 unspecified atom stereocenters. The molecule has 0 bridgehead atoms. The van der Waals surface area contributed by atoms with Crippen molar-refractivity contribution in [3.63, 3.8) is 0 Å². The number of rotatable bonds is 6. The Labute approximate surface area is 127 Å². The van der Waals surface area contributed by atoms with Gasteiger partial charge in [0.25, 0.3) is 0 Å². The zero-order chi connectivity index (χ0) is 14.5. The Kier molecular flexibility index (Phi) is 5.88. The van der Waals surface area contributed by atoms with Gasteiger partial charge in [0.05, 0.1) is 6.10 Å². The van der Waals surface area contributed by atoms with E-state index in [-0.39, 0.29) is 12.1 Å². The summed E-state index contributed by atoms with van der Waals surface area (Å²) in [5, 5.41) is 11.0. The van der Waals surface area contributed by atoms with Gasteiger partial charge in [0.2, 0.25) is 0 Å². The first-order chi connectivity index (χ1) is 9.56. The SMILES string of the molecule is CC(c1cccc(Cl)c1)N(C)CC(O)CC1CCCC1. The molecule has 0 heterocycles. The Morgan fingerprint density at radius 1 is 1.35 bits per heavy atom. The molecule has 1 aliphatic carbocycles. The molecule has 2 atom stereocenters. The normalized spacial score (nSPS) is 19.4. The fraction of sp³-hybridized carbons (Fsp3) is 0.647. The highest BCUT2D eigenvalue weighted by Gasteiger charge is 2.21. The Balaban J connectivity index is 1.85. The average Bonchev–Trinajstić information content (AvgIpc) is 2.90. The monoisotopic (exact) mass is 295 g/mol. The second kappa shape index (κ2) is 7.44. The number of aliphatic hydroxyl groups excluding tert-OH is 1. The number of benzene rings is 1. The van der Waals surface area contributed by atoms with Crippen molar-refractivity contribution in [1.82, 2.24) is 4.90 Å². The van der Waals surface area contributed by atoms with Crippen LogP contribution in [0.2, 0.25) is 5.02 Å². The molecular formula is C17H26ClNO. The predicted molar refractivity (Wildman–Crippen MR) is 85.1 cm³/mol. The van der Waals surface area contributed by atoms with Crippen molar-refractivity contribution in [3.05, 3.63) is 34.9 Å². The van der Waals surface area contributed by atoms with E-state index in [1.54, 1.807) is 0 Å². The molecule has 1 fully saturated rings. The van der Waals surface area contributed by atoms with Gasteiger partial charge in [0.15, 0.2) is 0 Å². The quantitative estimate of drug-likeness (QED) is 0.847. The maximum absolute atomic E-state index is 10.3. The predicted octanol–water partition coefficient (Wildman–Crippen LogP) is 4.27. The Hall–Kier alpha value is -0.570. The molecular weight excluding hydrogens is 270 g/mol. The van der Waals surface area contributed by atoms with E-state index in [4.69, 9.17) is 11.6 Å². The molecule has 0 saturated heterocycles. The van der Waals surface area contributed by atoms with Gasteiger partial charge in [-0.3, -0.25) is 4.90 Å². The maximum atomic E-state index is 10.3. The highest BCUT2D eigenvalue weighted by atomic mass is 35.5. The number of hydrogen-bond acceptors (Lipinski definition) is 2. The van der Waals surface area contributed by atoms with E-state index >= 15 is 0 Å². The van der Waals surface area contributed by atoms with Gasteiger partial charge in [-0.1, -0.05) is 49.4 Å². The molecule has 2 rings (SSSR count). The van der Waals surface area contributed by atoms with Crippen molar-refractivity contribution in [2.75, 3.05) is 13.6 Å². The van der Waals surface area contributed by atoms with E-state index in [2.05, 4.69) is 24.9 Å². The second-order valence-corrected chi connectivity index (χ2v) is 6.65. The van der Waals surface area contributed by atoms with Gasteiger partial charge >= 0.3 is 0 Å². The summed E-state index contributed by atoms with van der Waals surface area (Å²) < 4.78 is 0. The number of hydrogen-bond donors (Lipinski definition) is 1. The van der Waals surface area contributed by atoms with Crippen molar-refractivity contribution in [3.8, 4) is 0 Å². The Morgan fingerprint density at radius 2 is 2.05 bits per heavy atom. The van der Waals surface area contributed by atoms with E-state index in [0.717, 1.165) is 23.9 Å². The number of halogens is 1. The fourth-order valence-corrected chi connectivity index (χ4v) is 3.42. The van der Waals surface area contributed by atoms with Crippen molar-refractivity contribution in [2.45, 2.75) is 51.2 Å². The van der Waals surface area contributed by atoms with Gasteiger partial charge in [-0.2, -0.15) is 0 Å². The molecule has 1 N–H and O–H groups in total. The molecule has 0 aliphatic heterocycles. The third kappa shape index (κ3) is 4.47. The van der Waals surface area contributed by atoms with Crippen LogP contribution in [0, 0.1) is 5.92 Å². The summed E-state index contributed by atoms with van der Waals surface area (Å²) in [5.41, 5.74) is 1.20. The van der Waals surface area contributed by atoms with E-state index < -0.39 is 0 Å². The Morgan fingerprint density at radius 3 is 2.70 bits per heavy atom. The molecule has 1 saturated carbocycles. The van der Waals surface area contributed by atoms with Gasteiger partial charge < -0.3 is 5.11 Å². The summed E-state index contributed by atoms with van der Waals surface area (Å²) >= 11 is 6.04. The molecule has 20 heavy (non-hydrogen) atoms. The van der Waals surface area contributed by atoms with Gasteiger partial charge in [-0.25, -0.2) is 0 Å². The van der Waals surface area contributed by atoms with Crippen LogP contribution in [-0.2, 0) is 0 Å². The maximum Gasteiger partial charge on any atom is 0.0669 e. The molecule has 0 radical (unpaired) electrons. The van der Waals surface area contributed by atoms with Gasteiger partial charge in [-0.05, 0) is 44.0 Å². The summed E-state index contributed by atoms with van der Waals surface area (Å²) in [5.74, 6) is 0.736. The van der Waals surface area contributed by atoms with Crippen molar-refractivity contribution < 1.29 is 5.11 Å². The topological polar surface area (TPSA) is 23.5 Å². The first kappa shape index (κ1) is 15.8. The highest BCUT2D eigenvalue weighted by Crippen LogP contribution is 2.29. The van der Waals surface area contributed by atoms with E-state index in [1.165, 1.54) is 31.2 Å². The lowest BCUT2D eigenvalue weighted by Crippen LogP contribution is -2.32. The van der Waals surface area contributed by atoms with Crippen LogP contribution in [0.3, 0.4) is 0 Å². The fourth-order valence-electron chi connectivity index (χ4n) is 3.22. The van der Waals surface area contributed by atoms with Crippen LogP contribution in [0.5, 0.6) is 0 Å².